The van der Waals surface area contributed by atoms with Crippen molar-refractivity contribution in [1.29, 1.82) is 0 Å². The van der Waals surface area contributed by atoms with Gasteiger partial charge in [0, 0.05) is 11.8 Å². The van der Waals surface area contributed by atoms with Crippen molar-refractivity contribution >= 4 is 27.8 Å². The Bertz CT molecular complexity index is 1000. The number of ether oxygens (including phenoxy) is 2. The van der Waals surface area contributed by atoms with Crippen LogP contribution in [0, 0.1) is 0 Å². The van der Waals surface area contributed by atoms with Crippen molar-refractivity contribution in [2.45, 2.75) is 50.5 Å². The van der Waals surface area contributed by atoms with Gasteiger partial charge in [0.1, 0.15) is 23.5 Å². The Hall–Kier alpha value is -2.22. The highest BCUT2D eigenvalue weighted by molar-refractivity contribution is 6.06. The molecule has 4 heterocycles. The molecule has 3 aromatic rings. The van der Waals surface area contributed by atoms with Gasteiger partial charge in [-0.2, -0.15) is 0 Å². The molecule has 0 amide bonds. The van der Waals surface area contributed by atoms with Crippen LogP contribution < -0.4 is 11.5 Å². The lowest BCUT2D eigenvalue weighted by atomic mass is 10.1. The van der Waals surface area contributed by atoms with Crippen molar-refractivity contribution in [3.05, 3.63) is 30.1 Å². The second-order valence-corrected chi connectivity index (χ2v) is 7.54. The van der Waals surface area contributed by atoms with E-state index in [1.165, 1.54) is 0 Å². The maximum Gasteiger partial charge on any atom is 0.152 e. The molecule has 0 aliphatic carbocycles. The number of rotatable bonds is 4. The fourth-order valence-corrected chi connectivity index (χ4v) is 4.47. The van der Waals surface area contributed by atoms with E-state index in [0.717, 1.165) is 47.0 Å². The standard InChI is InChI=1S/C20H25N5O2/c1-2-3-8-15-24-16-17(11-6-4-5-7-13(11)23-20(16)22)25(15)14-10-27-18-12(21)9-26-19(14)18/h4-7,12,14,18-19H,2-3,8-10,21H2,1H3,(H2,22,23)/t12-,14-,18+,19+/m0/s1. The summed E-state index contributed by atoms with van der Waals surface area (Å²) in [6.07, 6.45) is 2.95. The van der Waals surface area contributed by atoms with Crippen LogP contribution >= 0.6 is 0 Å². The van der Waals surface area contributed by atoms with Crippen molar-refractivity contribution in [3.63, 3.8) is 0 Å². The predicted octanol–water partition coefficient (Wildman–Crippen LogP) is 2.18. The van der Waals surface area contributed by atoms with Gasteiger partial charge in [0.05, 0.1) is 36.3 Å². The number of anilines is 1. The third-order valence-electron chi connectivity index (χ3n) is 5.78. The van der Waals surface area contributed by atoms with Crippen molar-refractivity contribution in [2.24, 2.45) is 5.73 Å². The van der Waals surface area contributed by atoms with Crippen molar-refractivity contribution in [2.75, 3.05) is 18.9 Å². The molecule has 5 rings (SSSR count). The van der Waals surface area contributed by atoms with Crippen molar-refractivity contribution in [3.8, 4) is 0 Å². The maximum absolute atomic E-state index is 6.29. The van der Waals surface area contributed by atoms with Crippen molar-refractivity contribution < 1.29 is 9.47 Å². The number of hydrogen-bond acceptors (Lipinski definition) is 6. The van der Waals surface area contributed by atoms with Gasteiger partial charge in [-0.3, -0.25) is 0 Å². The van der Waals surface area contributed by atoms with Crippen LogP contribution in [0.5, 0.6) is 0 Å². The fourth-order valence-electron chi connectivity index (χ4n) is 4.47. The molecule has 2 aliphatic rings. The van der Waals surface area contributed by atoms with Gasteiger partial charge in [-0.1, -0.05) is 31.5 Å². The number of fused-ring (bicyclic) bond motifs is 4. The average molecular weight is 367 g/mol. The van der Waals surface area contributed by atoms with Crippen molar-refractivity contribution in [1.82, 2.24) is 14.5 Å². The molecule has 2 fully saturated rings. The maximum atomic E-state index is 6.29. The molecule has 27 heavy (non-hydrogen) atoms. The quantitative estimate of drug-likeness (QED) is 0.733. The van der Waals surface area contributed by atoms with Crippen LogP contribution in [-0.4, -0.2) is 46.0 Å². The number of nitrogens with two attached hydrogens (primary N) is 2. The minimum Gasteiger partial charge on any atom is -0.382 e. The molecule has 7 nitrogen and oxygen atoms in total. The highest BCUT2D eigenvalue weighted by Gasteiger charge is 2.48. The minimum absolute atomic E-state index is 0.0469. The Morgan fingerprint density at radius 1 is 1.15 bits per heavy atom. The summed E-state index contributed by atoms with van der Waals surface area (Å²) < 4.78 is 14.4. The number of imidazole rings is 1. The molecule has 0 saturated carbocycles. The summed E-state index contributed by atoms with van der Waals surface area (Å²) in [4.78, 5) is 9.47. The molecule has 0 spiro atoms. The summed E-state index contributed by atoms with van der Waals surface area (Å²) in [5.74, 6) is 1.50. The highest BCUT2D eigenvalue weighted by atomic mass is 16.6. The number of unbranched alkanes of at least 4 members (excludes halogenated alkanes) is 1. The van der Waals surface area contributed by atoms with Crippen LogP contribution in [0.15, 0.2) is 24.3 Å². The largest absolute Gasteiger partial charge is 0.382 e. The number of hydrogen-bond donors (Lipinski definition) is 2. The molecule has 0 unspecified atom stereocenters. The normalized spacial score (nSPS) is 27.6. The van der Waals surface area contributed by atoms with Gasteiger partial charge >= 0.3 is 0 Å². The van der Waals surface area contributed by atoms with Crippen LogP contribution in [0.2, 0.25) is 0 Å². The molecule has 4 atom stereocenters. The Balaban J connectivity index is 1.75. The van der Waals surface area contributed by atoms with Gasteiger partial charge in [-0.05, 0) is 12.5 Å². The number of nitrogens with zero attached hydrogens (tertiary/aromatic N) is 3. The average Bonchev–Trinajstić information content (AvgIpc) is 3.35. The van der Waals surface area contributed by atoms with Crippen LogP contribution in [0.25, 0.3) is 21.9 Å². The summed E-state index contributed by atoms with van der Waals surface area (Å²) >= 11 is 0. The number of para-hydroxylation sites is 1. The van der Waals surface area contributed by atoms with E-state index < -0.39 is 0 Å². The van der Waals surface area contributed by atoms with E-state index in [0.29, 0.717) is 19.0 Å². The summed E-state index contributed by atoms with van der Waals surface area (Å²) in [5, 5.41) is 1.06. The first-order valence-corrected chi connectivity index (χ1v) is 9.73. The van der Waals surface area contributed by atoms with E-state index in [9.17, 15) is 0 Å². The first-order chi connectivity index (χ1) is 13.2. The lowest BCUT2D eigenvalue weighted by Gasteiger charge is -2.21. The van der Waals surface area contributed by atoms with Crippen LogP contribution in [0.1, 0.15) is 31.6 Å². The summed E-state index contributed by atoms with van der Waals surface area (Å²) in [5.41, 5.74) is 15.1. The first-order valence-electron chi connectivity index (χ1n) is 9.73. The van der Waals surface area contributed by atoms with Gasteiger partial charge in [0.25, 0.3) is 0 Å². The van der Waals surface area contributed by atoms with Gasteiger partial charge in [-0.15, -0.1) is 0 Å². The van der Waals surface area contributed by atoms with E-state index in [2.05, 4.69) is 22.5 Å². The number of pyridine rings is 1. The molecule has 2 aliphatic heterocycles. The second kappa shape index (κ2) is 6.44. The SMILES string of the molecule is CCCCc1nc2c(N)nc3ccccc3c2n1[C@H]1CO[C@H]2[C@@H]1OC[C@@H]2N. The number of benzene rings is 1. The third kappa shape index (κ3) is 2.53. The summed E-state index contributed by atoms with van der Waals surface area (Å²) in [6.45, 7) is 3.30. The topological polar surface area (TPSA) is 101 Å². The van der Waals surface area contributed by atoms with Crippen LogP contribution in [0.3, 0.4) is 0 Å². The van der Waals surface area contributed by atoms with Gasteiger partial charge in [-0.25, -0.2) is 9.97 Å². The van der Waals surface area contributed by atoms with E-state index in [1.54, 1.807) is 0 Å². The number of aryl methyl sites for hydroxylation is 1. The zero-order valence-corrected chi connectivity index (χ0v) is 15.5. The molecule has 142 valence electrons. The lowest BCUT2D eigenvalue weighted by Crippen LogP contribution is -2.36. The molecule has 7 heteroatoms. The van der Waals surface area contributed by atoms with E-state index in [-0.39, 0.29) is 24.3 Å². The zero-order valence-electron chi connectivity index (χ0n) is 15.5. The molecule has 1 aromatic carbocycles. The van der Waals surface area contributed by atoms with E-state index in [1.807, 2.05) is 18.2 Å². The molecular formula is C20H25N5O2. The molecule has 0 bridgehead atoms. The van der Waals surface area contributed by atoms with Crippen LogP contribution in [-0.2, 0) is 15.9 Å². The Kier molecular flexibility index (Phi) is 4.03. The molecule has 4 N–H and O–H groups in total. The van der Waals surface area contributed by atoms with Gasteiger partial charge in [0.15, 0.2) is 5.82 Å². The van der Waals surface area contributed by atoms with Gasteiger partial charge < -0.3 is 25.5 Å². The lowest BCUT2D eigenvalue weighted by molar-refractivity contribution is 0.0644. The fraction of sp³-hybridized carbons (Fsp3) is 0.500. The minimum atomic E-state index is -0.0719. The summed E-state index contributed by atoms with van der Waals surface area (Å²) in [6, 6.07) is 8.05. The Labute approximate surface area is 157 Å². The number of nitrogen functional groups attached to an aromatic ring is 1. The third-order valence-corrected chi connectivity index (χ3v) is 5.78. The smallest absolute Gasteiger partial charge is 0.152 e. The van der Waals surface area contributed by atoms with Gasteiger partial charge in [0.2, 0.25) is 0 Å². The molecule has 2 aromatic heterocycles. The monoisotopic (exact) mass is 367 g/mol. The molecule has 2 saturated heterocycles. The van der Waals surface area contributed by atoms with E-state index >= 15 is 0 Å². The van der Waals surface area contributed by atoms with Crippen LogP contribution in [0.4, 0.5) is 5.82 Å². The highest BCUT2D eigenvalue weighted by Crippen LogP contribution is 2.39. The first kappa shape index (κ1) is 16.9. The Morgan fingerprint density at radius 2 is 1.96 bits per heavy atom. The Morgan fingerprint density at radius 3 is 2.81 bits per heavy atom. The second-order valence-electron chi connectivity index (χ2n) is 7.54. The molecular weight excluding hydrogens is 342 g/mol. The zero-order chi connectivity index (χ0) is 18.5. The van der Waals surface area contributed by atoms with E-state index in [4.69, 9.17) is 25.9 Å². The predicted molar refractivity (Wildman–Crippen MR) is 105 cm³/mol. The summed E-state index contributed by atoms with van der Waals surface area (Å²) in [7, 11) is 0. The number of aromatic nitrogens is 3. The molecule has 0 radical (unpaired) electrons.